The summed E-state index contributed by atoms with van der Waals surface area (Å²) in [5.41, 5.74) is 9.45. The number of aromatic nitrogens is 2. The van der Waals surface area contributed by atoms with Crippen molar-refractivity contribution in [3.8, 4) is 0 Å². The number of imidazole rings is 1. The van der Waals surface area contributed by atoms with Gasteiger partial charge in [-0.25, -0.2) is 4.79 Å². The summed E-state index contributed by atoms with van der Waals surface area (Å²) in [4.78, 5) is 12.3. The maximum Gasteiger partial charge on any atom is 0.329 e. The van der Waals surface area contributed by atoms with E-state index in [1.165, 1.54) is 0 Å². The van der Waals surface area contributed by atoms with Gasteiger partial charge in [0.25, 0.3) is 0 Å². The van der Waals surface area contributed by atoms with Gasteiger partial charge < -0.3 is 5.73 Å². The van der Waals surface area contributed by atoms with Gasteiger partial charge in [-0.2, -0.15) is 0 Å². The molecule has 1 unspecified atom stereocenters. The summed E-state index contributed by atoms with van der Waals surface area (Å²) < 4.78 is 3.63. The Hall–Kier alpha value is -1.55. The van der Waals surface area contributed by atoms with E-state index in [0.717, 1.165) is 16.6 Å². The molecule has 0 amide bonds. The smallest absolute Gasteiger partial charge is 0.324 e. The van der Waals surface area contributed by atoms with Gasteiger partial charge in [0, 0.05) is 19.1 Å². The molecule has 1 aromatic carbocycles. The van der Waals surface area contributed by atoms with Crippen LogP contribution in [0.15, 0.2) is 23.0 Å². The zero-order valence-corrected chi connectivity index (χ0v) is 13.1. The Morgan fingerprint density at radius 2 is 1.65 bits per heavy atom. The molecule has 2 aromatic rings. The van der Waals surface area contributed by atoms with Gasteiger partial charge in [0.2, 0.25) is 0 Å². The van der Waals surface area contributed by atoms with Crippen LogP contribution < -0.4 is 11.4 Å². The van der Waals surface area contributed by atoms with Crippen molar-refractivity contribution in [2.75, 3.05) is 0 Å². The van der Waals surface area contributed by atoms with Gasteiger partial charge in [-0.3, -0.25) is 9.13 Å². The second-order valence-electron chi connectivity index (χ2n) is 6.36. The van der Waals surface area contributed by atoms with Crippen molar-refractivity contribution in [2.45, 2.75) is 53.8 Å². The van der Waals surface area contributed by atoms with E-state index in [9.17, 15) is 4.79 Å². The molecule has 1 heterocycles. The first-order valence-electron chi connectivity index (χ1n) is 7.29. The van der Waals surface area contributed by atoms with Crippen molar-refractivity contribution in [3.63, 3.8) is 0 Å². The van der Waals surface area contributed by atoms with Gasteiger partial charge in [-0.05, 0) is 37.0 Å². The summed E-state index contributed by atoms with van der Waals surface area (Å²) in [6.07, 6.45) is 0. The number of aryl methyl sites for hydroxylation is 2. The van der Waals surface area contributed by atoms with Crippen LogP contribution in [0.3, 0.4) is 0 Å². The monoisotopic (exact) mass is 275 g/mol. The first-order valence-corrected chi connectivity index (χ1v) is 7.29. The highest BCUT2D eigenvalue weighted by molar-refractivity contribution is 5.77. The molecule has 2 N–H and O–H groups in total. The molecule has 4 heteroatoms. The quantitative estimate of drug-likeness (QED) is 0.936. The number of rotatable bonds is 3. The Bertz CT molecular complexity index is 673. The maximum absolute atomic E-state index is 12.3. The summed E-state index contributed by atoms with van der Waals surface area (Å²) in [5.74, 6) is 0. The highest BCUT2D eigenvalue weighted by Gasteiger charge is 2.23. The van der Waals surface area contributed by atoms with Crippen LogP contribution >= 0.6 is 0 Å². The van der Waals surface area contributed by atoms with Crippen LogP contribution in [0, 0.1) is 5.41 Å². The van der Waals surface area contributed by atoms with E-state index < -0.39 is 0 Å². The second-order valence-corrected chi connectivity index (χ2v) is 6.36. The first kappa shape index (κ1) is 14.9. The Morgan fingerprint density at radius 3 is 2.15 bits per heavy atom. The third kappa shape index (κ3) is 2.29. The van der Waals surface area contributed by atoms with E-state index in [2.05, 4.69) is 26.8 Å². The molecule has 4 nitrogen and oxygen atoms in total. The number of hydrogen-bond acceptors (Lipinski definition) is 2. The average Bonchev–Trinajstić information content (AvgIpc) is 2.66. The molecule has 0 aliphatic rings. The van der Waals surface area contributed by atoms with Gasteiger partial charge in [-0.15, -0.1) is 0 Å². The predicted molar refractivity (Wildman–Crippen MR) is 83.9 cm³/mol. The predicted octanol–water partition coefficient (Wildman–Crippen LogP) is 2.89. The van der Waals surface area contributed by atoms with Gasteiger partial charge in [0.1, 0.15) is 0 Å². The van der Waals surface area contributed by atoms with E-state index in [1.807, 2.05) is 35.1 Å². The first-order chi connectivity index (χ1) is 9.31. The SMILES string of the molecule is CCn1c(=O)n(CC)c2cc(C(N)C(C)(C)C)ccc21. The molecular formula is C16H25N3O. The molecule has 1 atom stereocenters. The van der Waals surface area contributed by atoms with Crippen molar-refractivity contribution in [3.05, 3.63) is 34.2 Å². The number of benzene rings is 1. The molecule has 0 spiro atoms. The second kappa shape index (κ2) is 5.09. The van der Waals surface area contributed by atoms with Crippen LogP contribution in [0.5, 0.6) is 0 Å². The minimum atomic E-state index is -0.0442. The molecule has 0 saturated carbocycles. The summed E-state index contributed by atoms with van der Waals surface area (Å²) in [5, 5.41) is 0. The minimum absolute atomic E-state index is 0.00165. The van der Waals surface area contributed by atoms with E-state index in [-0.39, 0.29) is 17.1 Å². The van der Waals surface area contributed by atoms with Crippen LogP contribution in [-0.4, -0.2) is 9.13 Å². The highest BCUT2D eigenvalue weighted by Crippen LogP contribution is 2.31. The third-order valence-corrected chi connectivity index (χ3v) is 3.97. The molecule has 0 saturated heterocycles. The van der Waals surface area contributed by atoms with Crippen molar-refractivity contribution >= 4 is 11.0 Å². The molecule has 2 rings (SSSR count). The maximum atomic E-state index is 12.3. The summed E-state index contributed by atoms with van der Waals surface area (Å²) in [6, 6.07) is 6.09. The van der Waals surface area contributed by atoms with Crippen molar-refractivity contribution in [1.82, 2.24) is 9.13 Å². The van der Waals surface area contributed by atoms with E-state index in [0.29, 0.717) is 13.1 Å². The summed E-state index contributed by atoms with van der Waals surface area (Å²) in [6.45, 7) is 11.8. The lowest BCUT2D eigenvalue weighted by Crippen LogP contribution is -2.26. The molecular weight excluding hydrogens is 250 g/mol. The fourth-order valence-corrected chi connectivity index (χ4v) is 2.64. The third-order valence-electron chi connectivity index (χ3n) is 3.97. The van der Waals surface area contributed by atoms with Gasteiger partial charge in [-0.1, -0.05) is 26.8 Å². The summed E-state index contributed by atoms with van der Waals surface area (Å²) in [7, 11) is 0. The van der Waals surface area contributed by atoms with E-state index in [1.54, 1.807) is 0 Å². The Balaban J connectivity index is 2.68. The lowest BCUT2D eigenvalue weighted by Gasteiger charge is -2.27. The Labute approximate surface area is 120 Å². The van der Waals surface area contributed by atoms with Gasteiger partial charge >= 0.3 is 5.69 Å². The molecule has 1 aromatic heterocycles. The molecule has 0 radical (unpaired) electrons. The van der Waals surface area contributed by atoms with Crippen molar-refractivity contribution in [1.29, 1.82) is 0 Å². The molecule has 0 fully saturated rings. The van der Waals surface area contributed by atoms with Gasteiger partial charge in [0.05, 0.1) is 11.0 Å². The number of nitrogens with two attached hydrogens (primary N) is 1. The van der Waals surface area contributed by atoms with Gasteiger partial charge in [0.15, 0.2) is 0 Å². The highest BCUT2D eigenvalue weighted by atomic mass is 16.1. The van der Waals surface area contributed by atoms with Crippen molar-refractivity contribution < 1.29 is 0 Å². The molecule has 0 aliphatic carbocycles. The number of nitrogens with zero attached hydrogens (tertiary/aromatic N) is 2. The fourth-order valence-electron chi connectivity index (χ4n) is 2.64. The molecule has 110 valence electrons. The van der Waals surface area contributed by atoms with Crippen LogP contribution in [0.1, 0.15) is 46.2 Å². The Kier molecular flexibility index (Phi) is 3.78. The molecule has 0 bridgehead atoms. The van der Waals surface area contributed by atoms with Crippen LogP contribution in [-0.2, 0) is 13.1 Å². The standard InChI is InChI=1S/C16H25N3O/c1-6-18-12-9-8-11(14(17)16(3,4)5)10-13(12)19(7-2)15(18)20/h8-10,14H,6-7,17H2,1-5H3. The zero-order valence-electron chi connectivity index (χ0n) is 13.1. The number of fused-ring (bicyclic) bond motifs is 1. The molecule has 0 aliphatic heterocycles. The van der Waals surface area contributed by atoms with Crippen LogP contribution in [0.25, 0.3) is 11.0 Å². The van der Waals surface area contributed by atoms with E-state index in [4.69, 9.17) is 5.73 Å². The largest absolute Gasteiger partial charge is 0.329 e. The van der Waals surface area contributed by atoms with Crippen LogP contribution in [0.4, 0.5) is 0 Å². The fraction of sp³-hybridized carbons (Fsp3) is 0.562. The Morgan fingerprint density at radius 1 is 1.10 bits per heavy atom. The average molecular weight is 275 g/mol. The summed E-state index contributed by atoms with van der Waals surface area (Å²) >= 11 is 0. The molecule has 20 heavy (non-hydrogen) atoms. The number of hydrogen-bond donors (Lipinski definition) is 1. The topological polar surface area (TPSA) is 53.0 Å². The minimum Gasteiger partial charge on any atom is -0.324 e. The van der Waals surface area contributed by atoms with Crippen LogP contribution in [0.2, 0.25) is 0 Å². The lowest BCUT2D eigenvalue weighted by molar-refractivity contribution is 0.327. The van der Waals surface area contributed by atoms with Crippen molar-refractivity contribution in [2.24, 2.45) is 11.1 Å². The normalized spacial score (nSPS) is 13.9. The zero-order chi connectivity index (χ0) is 15.1. The lowest BCUT2D eigenvalue weighted by atomic mass is 9.83. The van der Waals surface area contributed by atoms with E-state index >= 15 is 0 Å².